The lowest BCUT2D eigenvalue weighted by atomic mass is 10.2. The van der Waals surface area contributed by atoms with Crippen molar-refractivity contribution in [3.63, 3.8) is 0 Å². The van der Waals surface area contributed by atoms with Gasteiger partial charge < -0.3 is 14.6 Å². The lowest BCUT2D eigenvalue weighted by molar-refractivity contribution is -0.137. The van der Waals surface area contributed by atoms with Crippen molar-refractivity contribution >= 4 is 12.0 Å². The summed E-state index contributed by atoms with van der Waals surface area (Å²) in [6, 6.07) is 13.5. The van der Waals surface area contributed by atoms with Crippen molar-refractivity contribution in [2.75, 3.05) is 13.2 Å². The van der Waals surface area contributed by atoms with Crippen LogP contribution in [0, 0.1) is 0 Å². The molecule has 0 radical (unpaired) electrons. The van der Waals surface area contributed by atoms with Crippen LogP contribution in [0.4, 0.5) is 0 Å². The van der Waals surface area contributed by atoms with Gasteiger partial charge >= 0.3 is 5.97 Å². The van der Waals surface area contributed by atoms with Crippen LogP contribution in [0.1, 0.15) is 36.7 Å². The van der Waals surface area contributed by atoms with Crippen molar-refractivity contribution in [1.82, 2.24) is 4.98 Å². The maximum absolute atomic E-state index is 11.7. The second-order valence-corrected chi connectivity index (χ2v) is 5.78. The minimum absolute atomic E-state index is 0.175. The van der Waals surface area contributed by atoms with Gasteiger partial charge in [0, 0.05) is 12.5 Å². The highest BCUT2D eigenvalue weighted by Crippen LogP contribution is 2.19. The third-order valence-corrected chi connectivity index (χ3v) is 3.72. The van der Waals surface area contributed by atoms with Crippen LogP contribution < -0.4 is 4.74 Å². The number of ether oxygens (including phenoxy) is 2. The zero-order chi connectivity index (χ0) is 18.6. The van der Waals surface area contributed by atoms with E-state index in [0.29, 0.717) is 30.4 Å². The van der Waals surface area contributed by atoms with Crippen molar-refractivity contribution < 1.29 is 19.4 Å². The quantitative estimate of drug-likeness (QED) is 0.401. The number of hydrogen-bond acceptors (Lipinski definition) is 5. The standard InChI is InChI=1S/C21H25NO4/c1-2-3-14-26-21(24)12-10-19-20(11-9-18(16-23)22-19)25-15-13-17-7-5-4-6-8-17/h4-12,23H,2-3,13-16H2,1H3. The fourth-order valence-electron chi connectivity index (χ4n) is 2.27. The van der Waals surface area contributed by atoms with Crippen molar-refractivity contribution in [2.45, 2.75) is 32.8 Å². The van der Waals surface area contributed by atoms with Crippen LogP contribution in [0.2, 0.25) is 0 Å². The van der Waals surface area contributed by atoms with Gasteiger partial charge in [0.2, 0.25) is 0 Å². The van der Waals surface area contributed by atoms with Gasteiger partial charge in [0.1, 0.15) is 11.4 Å². The SMILES string of the molecule is CCCCOC(=O)C=Cc1nc(CO)ccc1OCCc1ccccc1. The molecule has 2 aromatic rings. The summed E-state index contributed by atoms with van der Waals surface area (Å²) >= 11 is 0. The van der Waals surface area contributed by atoms with E-state index in [1.54, 1.807) is 18.2 Å². The first-order chi connectivity index (χ1) is 12.7. The predicted molar refractivity (Wildman–Crippen MR) is 101 cm³/mol. The molecule has 0 bridgehead atoms. The van der Waals surface area contributed by atoms with Gasteiger partial charge in [-0.3, -0.25) is 0 Å². The highest BCUT2D eigenvalue weighted by atomic mass is 16.5. The molecule has 0 aliphatic heterocycles. The Morgan fingerprint density at radius 1 is 1.15 bits per heavy atom. The monoisotopic (exact) mass is 355 g/mol. The summed E-state index contributed by atoms with van der Waals surface area (Å²) in [5.41, 5.74) is 2.19. The van der Waals surface area contributed by atoms with Gasteiger partial charge in [-0.1, -0.05) is 43.7 Å². The second kappa shape index (κ2) is 11.1. The van der Waals surface area contributed by atoms with Crippen LogP contribution in [0.25, 0.3) is 6.08 Å². The van der Waals surface area contributed by atoms with E-state index in [1.165, 1.54) is 11.6 Å². The molecule has 1 aromatic heterocycles. The fraction of sp³-hybridized carbons (Fsp3) is 0.333. The van der Waals surface area contributed by atoms with E-state index in [0.717, 1.165) is 19.3 Å². The summed E-state index contributed by atoms with van der Waals surface area (Å²) in [6.07, 6.45) is 5.47. The van der Waals surface area contributed by atoms with E-state index < -0.39 is 5.97 Å². The van der Waals surface area contributed by atoms with E-state index in [2.05, 4.69) is 4.98 Å². The van der Waals surface area contributed by atoms with Gasteiger partial charge in [-0.15, -0.1) is 0 Å². The van der Waals surface area contributed by atoms with Crippen LogP contribution in [-0.2, 0) is 22.6 Å². The molecule has 0 amide bonds. The van der Waals surface area contributed by atoms with E-state index in [1.807, 2.05) is 37.3 Å². The minimum atomic E-state index is -0.412. The molecule has 0 aliphatic carbocycles. The minimum Gasteiger partial charge on any atom is -0.491 e. The van der Waals surface area contributed by atoms with Gasteiger partial charge in [-0.2, -0.15) is 0 Å². The topological polar surface area (TPSA) is 68.7 Å². The number of aromatic nitrogens is 1. The lowest BCUT2D eigenvalue weighted by Gasteiger charge is -2.10. The summed E-state index contributed by atoms with van der Waals surface area (Å²) in [4.78, 5) is 16.0. The summed E-state index contributed by atoms with van der Waals surface area (Å²) in [7, 11) is 0. The molecule has 0 saturated heterocycles. The summed E-state index contributed by atoms with van der Waals surface area (Å²) < 4.78 is 10.9. The van der Waals surface area contributed by atoms with Gasteiger partial charge in [-0.25, -0.2) is 9.78 Å². The zero-order valence-corrected chi connectivity index (χ0v) is 15.1. The molecular weight excluding hydrogens is 330 g/mol. The molecule has 2 rings (SSSR count). The highest BCUT2D eigenvalue weighted by Gasteiger charge is 2.06. The molecular formula is C21H25NO4. The maximum Gasteiger partial charge on any atom is 0.330 e. The first-order valence-corrected chi connectivity index (χ1v) is 8.85. The Bertz CT molecular complexity index is 713. The molecule has 5 heteroatoms. The fourth-order valence-corrected chi connectivity index (χ4v) is 2.27. The lowest BCUT2D eigenvalue weighted by Crippen LogP contribution is -2.05. The Balaban J connectivity index is 2.00. The largest absolute Gasteiger partial charge is 0.491 e. The number of aliphatic hydroxyl groups excluding tert-OH is 1. The molecule has 26 heavy (non-hydrogen) atoms. The average Bonchev–Trinajstić information content (AvgIpc) is 2.68. The first kappa shape index (κ1) is 19.7. The third kappa shape index (κ3) is 6.69. The van der Waals surface area contributed by atoms with E-state index >= 15 is 0 Å². The smallest absolute Gasteiger partial charge is 0.330 e. The van der Waals surface area contributed by atoms with E-state index in [-0.39, 0.29) is 6.61 Å². The number of rotatable bonds is 10. The molecule has 0 aliphatic rings. The molecule has 0 atom stereocenters. The number of esters is 1. The Morgan fingerprint density at radius 2 is 1.96 bits per heavy atom. The second-order valence-electron chi connectivity index (χ2n) is 5.78. The molecule has 0 spiro atoms. The van der Waals surface area contributed by atoms with Crippen LogP contribution in [0.5, 0.6) is 5.75 Å². The number of benzene rings is 1. The Hall–Kier alpha value is -2.66. The highest BCUT2D eigenvalue weighted by molar-refractivity contribution is 5.87. The molecule has 0 unspecified atom stereocenters. The molecule has 1 heterocycles. The van der Waals surface area contributed by atoms with E-state index in [4.69, 9.17) is 9.47 Å². The zero-order valence-electron chi connectivity index (χ0n) is 15.1. The number of unbranched alkanes of at least 4 members (excludes halogenated alkanes) is 1. The number of carbonyl (C=O) groups is 1. The maximum atomic E-state index is 11.7. The van der Waals surface area contributed by atoms with Crippen molar-refractivity contribution in [1.29, 1.82) is 0 Å². The molecule has 1 aromatic carbocycles. The third-order valence-electron chi connectivity index (χ3n) is 3.72. The Kier molecular flexibility index (Phi) is 8.36. The Morgan fingerprint density at radius 3 is 2.69 bits per heavy atom. The number of aliphatic hydroxyl groups is 1. The van der Waals surface area contributed by atoms with Crippen molar-refractivity contribution in [3.05, 3.63) is 65.5 Å². The van der Waals surface area contributed by atoms with Gasteiger partial charge in [0.15, 0.2) is 0 Å². The van der Waals surface area contributed by atoms with Gasteiger partial charge in [0.05, 0.1) is 25.5 Å². The molecule has 0 fully saturated rings. The molecule has 138 valence electrons. The first-order valence-electron chi connectivity index (χ1n) is 8.85. The van der Waals surface area contributed by atoms with Crippen LogP contribution in [0.15, 0.2) is 48.5 Å². The van der Waals surface area contributed by atoms with Crippen LogP contribution in [0.3, 0.4) is 0 Å². The summed E-state index contributed by atoms with van der Waals surface area (Å²) in [5, 5.41) is 9.28. The van der Waals surface area contributed by atoms with Crippen LogP contribution >= 0.6 is 0 Å². The molecule has 5 nitrogen and oxygen atoms in total. The van der Waals surface area contributed by atoms with Gasteiger partial charge in [-0.05, 0) is 30.2 Å². The normalized spacial score (nSPS) is 10.8. The molecule has 0 saturated carbocycles. The Labute approximate surface area is 154 Å². The van der Waals surface area contributed by atoms with Gasteiger partial charge in [0.25, 0.3) is 0 Å². The number of carbonyl (C=O) groups excluding carboxylic acids is 1. The number of hydrogen-bond donors (Lipinski definition) is 1. The summed E-state index contributed by atoms with van der Waals surface area (Å²) in [5.74, 6) is 0.153. The predicted octanol–water partition coefficient (Wildman–Crippen LogP) is 3.55. The van der Waals surface area contributed by atoms with E-state index in [9.17, 15) is 9.90 Å². The van der Waals surface area contributed by atoms with Crippen molar-refractivity contribution in [3.8, 4) is 5.75 Å². The summed E-state index contributed by atoms with van der Waals surface area (Å²) in [6.45, 7) is 2.76. The van der Waals surface area contributed by atoms with Crippen molar-refractivity contribution in [2.24, 2.45) is 0 Å². The average molecular weight is 355 g/mol. The molecule has 1 N–H and O–H groups in total. The van der Waals surface area contributed by atoms with Crippen LogP contribution in [-0.4, -0.2) is 29.3 Å². The number of pyridine rings is 1. The number of nitrogens with zero attached hydrogens (tertiary/aromatic N) is 1.